The molecule has 4 heteroatoms. The van der Waals surface area contributed by atoms with Gasteiger partial charge in [0.15, 0.2) is 0 Å². The summed E-state index contributed by atoms with van der Waals surface area (Å²) < 4.78 is 0. The Kier molecular flexibility index (Phi) is 6.71. The van der Waals surface area contributed by atoms with Gasteiger partial charge in [-0.05, 0) is 117 Å². The number of allylic oxidation sites excluding steroid dienone is 1. The van der Waals surface area contributed by atoms with Crippen LogP contribution in [0.1, 0.15) is 106 Å². The summed E-state index contributed by atoms with van der Waals surface area (Å²) in [4.78, 5) is 0. The zero-order chi connectivity index (χ0) is 25.3. The lowest BCUT2D eigenvalue weighted by Crippen LogP contribution is -2.68. The molecule has 4 aliphatic carbocycles. The van der Waals surface area contributed by atoms with Crippen molar-refractivity contribution in [3.63, 3.8) is 0 Å². The lowest BCUT2D eigenvalue weighted by Gasteiger charge is -2.71. The van der Waals surface area contributed by atoms with Crippen LogP contribution in [0.2, 0.25) is 0 Å². The van der Waals surface area contributed by atoms with Crippen molar-refractivity contribution in [1.82, 2.24) is 0 Å². The van der Waals surface area contributed by atoms with Crippen LogP contribution in [0.15, 0.2) is 11.6 Å². The van der Waals surface area contributed by atoms with E-state index >= 15 is 0 Å². The fourth-order valence-corrected chi connectivity index (χ4v) is 10.5. The molecule has 0 aromatic heterocycles. The van der Waals surface area contributed by atoms with E-state index in [1.165, 1.54) is 6.42 Å². The molecule has 4 fully saturated rings. The maximum Gasteiger partial charge on any atom is 0.0653 e. The highest BCUT2D eigenvalue weighted by atomic mass is 16.3. The van der Waals surface area contributed by atoms with Crippen molar-refractivity contribution in [3.8, 4) is 0 Å². The van der Waals surface area contributed by atoms with E-state index < -0.39 is 11.7 Å². The molecule has 0 heterocycles. The maximum atomic E-state index is 11.7. The van der Waals surface area contributed by atoms with Gasteiger partial charge in [0.1, 0.15) is 0 Å². The van der Waals surface area contributed by atoms with E-state index in [0.717, 1.165) is 56.9 Å². The first-order chi connectivity index (χ1) is 15.6. The molecule has 4 saturated carbocycles. The first-order valence-corrected chi connectivity index (χ1v) is 14.0. The summed E-state index contributed by atoms with van der Waals surface area (Å²) in [6, 6.07) is 0. The number of aliphatic hydroxyl groups is 4. The molecule has 0 unspecified atom stereocenters. The van der Waals surface area contributed by atoms with Crippen molar-refractivity contribution in [1.29, 1.82) is 0 Å². The Hall–Kier alpha value is -0.420. The van der Waals surface area contributed by atoms with Crippen LogP contribution >= 0.6 is 0 Å². The maximum absolute atomic E-state index is 11.7. The summed E-state index contributed by atoms with van der Waals surface area (Å²) in [7, 11) is 0. The molecule has 0 aliphatic heterocycles. The first kappa shape index (κ1) is 26.6. The van der Waals surface area contributed by atoms with Gasteiger partial charge in [0, 0.05) is 0 Å². The summed E-state index contributed by atoms with van der Waals surface area (Å²) in [6.45, 7) is 15.8. The summed E-state index contributed by atoms with van der Waals surface area (Å²) >= 11 is 0. The van der Waals surface area contributed by atoms with Gasteiger partial charge in [-0.15, -0.1) is 0 Å². The standard InChI is InChI=1S/C30H52O4/c1-19(18-31)9-8-14-30(7,34)21-12-16-28(5)20(21)10-11-23-27(4)15-13-24(33)26(2,3)25(27)22(32)17-29(23,28)6/h9,20-25,31-34H,8,10-18H2,1-7H3/b19-9-/t20-,21+,22+,23-,24+,25+,27-,28-,29-,30-/m1/s1. The Labute approximate surface area is 208 Å². The van der Waals surface area contributed by atoms with Gasteiger partial charge in [-0.25, -0.2) is 0 Å². The lowest BCUT2D eigenvalue weighted by molar-refractivity contribution is -0.258. The number of rotatable bonds is 5. The van der Waals surface area contributed by atoms with Crippen LogP contribution in [0.3, 0.4) is 0 Å². The van der Waals surface area contributed by atoms with Crippen LogP contribution < -0.4 is 0 Å². The minimum atomic E-state index is -0.714. The first-order valence-electron chi connectivity index (χ1n) is 14.0. The smallest absolute Gasteiger partial charge is 0.0653 e. The SMILES string of the molecule is C/C(=C/CC[C@@](C)(O)[C@H]1CC[C@]2(C)[C@@H]1CC[C@@H]1[C@@]3(C)CC[C@H](O)C(C)(C)[C@@H]3[C@@H](O)C[C@]12C)CO. The highest BCUT2D eigenvalue weighted by molar-refractivity contribution is 5.20. The second kappa shape index (κ2) is 8.57. The predicted octanol–water partition coefficient (Wildman–Crippen LogP) is 5.47. The van der Waals surface area contributed by atoms with Crippen molar-refractivity contribution in [3.05, 3.63) is 11.6 Å². The minimum absolute atomic E-state index is 0.0380. The molecule has 10 atom stereocenters. The van der Waals surface area contributed by atoms with Gasteiger partial charge < -0.3 is 20.4 Å². The lowest BCUT2D eigenvalue weighted by atomic mass is 9.35. The molecular weight excluding hydrogens is 424 g/mol. The second-order valence-corrected chi connectivity index (χ2v) is 14.5. The second-order valence-electron chi connectivity index (χ2n) is 14.5. The van der Waals surface area contributed by atoms with E-state index in [1.807, 2.05) is 13.8 Å². The molecule has 34 heavy (non-hydrogen) atoms. The average molecular weight is 477 g/mol. The van der Waals surface area contributed by atoms with E-state index in [1.54, 1.807) is 0 Å². The van der Waals surface area contributed by atoms with Crippen LogP contribution in [-0.4, -0.2) is 44.8 Å². The van der Waals surface area contributed by atoms with E-state index in [0.29, 0.717) is 11.8 Å². The largest absolute Gasteiger partial charge is 0.393 e. The molecule has 0 aromatic carbocycles. The molecular formula is C30H52O4. The van der Waals surface area contributed by atoms with Gasteiger partial charge >= 0.3 is 0 Å². The van der Waals surface area contributed by atoms with Crippen LogP contribution in [0.25, 0.3) is 0 Å². The zero-order valence-electron chi connectivity index (χ0n) is 22.9. The summed E-state index contributed by atoms with van der Waals surface area (Å²) in [5, 5.41) is 43.5. The topological polar surface area (TPSA) is 80.9 Å². The fourth-order valence-electron chi connectivity index (χ4n) is 10.5. The highest BCUT2D eigenvalue weighted by Gasteiger charge is 2.71. The molecule has 4 aliphatic rings. The quantitative estimate of drug-likeness (QED) is 0.397. The summed E-state index contributed by atoms with van der Waals surface area (Å²) in [6.07, 6.45) is 10.0. The van der Waals surface area contributed by atoms with Gasteiger partial charge in [0.2, 0.25) is 0 Å². The van der Waals surface area contributed by atoms with E-state index in [4.69, 9.17) is 0 Å². The van der Waals surface area contributed by atoms with Gasteiger partial charge in [-0.1, -0.05) is 46.3 Å². The Morgan fingerprint density at radius 2 is 1.65 bits per heavy atom. The van der Waals surface area contributed by atoms with Gasteiger partial charge in [-0.3, -0.25) is 0 Å². The van der Waals surface area contributed by atoms with E-state index in [2.05, 4.69) is 40.7 Å². The molecule has 4 rings (SSSR count). The molecule has 0 saturated heterocycles. The Bertz CT molecular complexity index is 802. The van der Waals surface area contributed by atoms with Gasteiger partial charge in [0.25, 0.3) is 0 Å². The van der Waals surface area contributed by atoms with Crippen molar-refractivity contribution >= 4 is 0 Å². The summed E-state index contributed by atoms with van der Waals surface area (Å²) in [5.41, 5.74) is 0.172. The van der Waals surface area contributed by atoms with Gasteiger partial charge in [-0.2, -0.15) is 0 Å². The molecule has 0 bridgehead atoms. The Balaban J connectivity index is 1.63. The van der Waals surface area contributed by atoms with Crippen molar-refractivity contribution < 1.29 is 20.4 Å². The van der Waals surface area contributed by atoms with E-state index in [9.17, 15) is 20.4 Å². The fraction of sp³-hybridized carbons (Fsp3) is 0.933. The van der Waals surface area contributed by atoms with Crippen molar-refractivity contribution in [2.75, 3.05) is 6.61 Å². The van der Waals surface area contributed by atoms with E-state index in [-0.39, 0.29) is 46.2 Å². The third-order valence-electron chi connectivity index (χ3n) is 12.5. The monoisotopic (exact) mass is 476 g/mol. The number of hydrogen-bond acceptors (Lipinski definition) is 4. The highest BCUT2D eigenvalue weighted by Crippen LogP contribution is 2.75. The molecule has 0 spiro atoms. The predicted molar refractivity (Wildman–Crippen MR) is 137 cm³/mol. The minimum Gasteiger partial charge on any atom is -0.393 e. The number of fused-ring (bicyclic) bond motifs is 5. The number of hydrogen-bond donors (Lipinski definition) is 4. The third-order valence-corrected chi connectivity index (χ3v) is 12.5. The van der Waals surface area contributed by atoms with Gasteiger partial charge in [0.05, 0.1) is 24.4 Å². The van der Waals surface area contributed by atoms with Crippen LogP contribution in [-0.2, 0) is 0 Å². The van der Waals surface area contributed by atoms with Crippen molar-refractivity contribution in [2.24, 2.45) is 45.3 Å². The Morgan fingerprint density at radius 1 is 0.971 bits per heavy atom. The molecule has 196 valence electrons. The molecule has 4 nitrogen and oxygen atoms in total. The Morgan fingerprint density at radius 3 is 2.29 bits per heavy atom. The van der Waals surface area contributed by atoms with Crippen LogP contribution in [0.4, 0.5) is 0 Å². The average Bonchev–Trinajstić information content (AvgIpc) is 3.10. The molecule has 4 N–H and O–H groups in total. The van der Waals surface area contributed by atoms with Crippen molar-refractivity contribution in [2.45, 2.75) is 124 Å². The molecule has 0 aromatic rings. The summed E-state index contributed by atoms with van der Waals surface area (Å²) in [5.74, 6) is 1.43. The van der Waals surface area contributed by atoms with Crippen LogP contribution in [0, 0.1) is 45.3 Å². The molecule has 0 radical (unpaired) electrons. The normalized spacial score (nSPS) is 50.1. The zero-order valence-corrected chi connectivity index (χ0v) is 22.9. The number of aliphatic hydroxyl groups excluding tert-OH is 3. The molecule has 0 amide bonds. The van der Waals surface area contributed by atoms with Crippen LogP contribution in [0.5, 0.6) is 0 Å². The third kappa shape index (κ3) is 3.68.